The molecule has 0 aliphatic heterocycles. The fourth-order valence-electron chi connectivity index (χ4n) is 2.97. The summed E-state index contributed by atoms with van der Waals surface area (Å²) in [6.07, 6.45) is -1.02. The van der Waals surface area contributed by atoms with Gasteiger partial charge in [-0.3, -0.25) is 10.1 Å². The lowest BCUT2D eigenvalue weighted by atomic mass is 10.0. The van der Waals surface area contributed by atoms with Gasteiger partial charge in [0.1, 0.15) is 17.5 Å². The first-order valence-corrected chi connectivity index (χ1v) is 8.68. The molecule has 0 aliphatic rings. The van der Waals surface area contributed by atoms with E-state index in [0.717, 1.165) is 12.1 Å². The Balaban J connectivity index is 1.87. The van der Waals surface area contributed by atoms with Crippen molar-refractivity contribution in [2.24, 2.45) is 5.73 Å². The van der Waals surface area contributed by atoms with Gasteiger partial charge in [-0.25, -0.2) is 18.0 Å². The van der Waals surface area contributed by atoms with Gasteiger partial charge < -0.3 is 15.5 Å². The summed E-state index contributed by atoms with van der Waals surface area (Å²) in [5.41, 5.74) is 6.37. The number of alkyl carbamates (subject to hydrolysis) is 1. The average Bonchev–Trinajstić information content (AvgIpc) is 3.05. The van der Waals surface area contributed by atoms with Crippen molar-refractivity contribution < 1.29 is 27.5 Å². The summed E-state index contributed by atoms with van der Waals surface area (Å²) in [5.74, 6) is -3.11. The number of ether oxygens (including phenoxy) is 1. The molecule has 10 heteroatoms. The van der Waals surface area contributed by atoms with Gasteiger partial charge in [0.05, 0.1) is 18.2 Å². The molecular weight excluding hydrogens is 401 g/mol. The summed E-state index contributed by atoms with van der Waals surface area (Å²) < 4.78 is 46.2. The third-order valence-electron chi connectivity index (χ3n) is 4.33. The number of aromatic amines is 1. The van der Waals surface area contributed by atoms with Crippen LogP contribution < -0.4 is 11.1 Å². The summed E-state index contributed by atoms with van der Waals surface area (Å²) >= 11 is 0. The van der Waals surface area contributed by atoms with Crippen LogP contribution in [0.25, 0.3) is 22.2 Å². The van der Waals surface area contributed by atoms with Crippen molar-refractivity contribution in [3.05, 3.63) is 59.4 Å². The van der Waals surface area contributed by atoms with Crippen molar-refractivity contribution in [2.45, 2.75) is 12.5 Å². The van der Waals surface area contributed by atoms with Crippen LogP contribution in [0, 0.1) is 28.8 Å². The Labute approximate surface area is 168 Å². The number of hydrogen-bond donors (Lipinski definition) is 3. The monoisotopic (exact) mass is 416 g/mol. The van der Waals surface area contributed by atoms with E-state index in [4.69, 9.17) is 15.7 Å². The lowest BCUT2D eigenvalue weighted by molar-refractivity contribution is -0.118. The third-order valence-corrected chi connectivity index (χ3v) is 4.33. The summed E-state index contributed by atoms with van der Waals surface area (Å²) in [4.78, 5) is 25.6. The van der Waals surface area contributed by atoms with E-state index >= 15 is 0 Å². The number of H-pyrrole nitrogens is 1. The lowest BCUT2D eigenvalue weighted by Crippen LogP contribution is -2.43. The molecular formula is C20H15F3N4O3. The summed E-state index contributed by atoms with van der Waals surface area (Å²) in [6.45, 7) is -0.234. The highest BCUT2D eigenvalue weighted by Gasteiger charge is 2.20. The lowest BCUT2D eigenvalue weighted by Gasteiger charge is -2.10. The Hall–Kier alpha value is -4.00. The zero-order chi connectivity index (χ0) is 21.8. The Kier molecular flexibility index (Phi) is 5.92. The van der Waals surface area contributed by atoms with Gasteiger partial charge in [0.15, 0.2) is 6.04 Å². The molecule has 30 heavy (non-hydrogen) atoms. The molecule has 0 aliphatic carbocycles. The second-order valence-corrected chi connectivity index (χ2v) is 6.29. The van der Waals surface area contributed by atoms with E-state index in [9.17, 15) is 22.8 Å². The molecule has 0 spiro atoms. The maximum atomic E-state index is 14.2. The van der Waals surface area contributed by atoms with E-state index in [1.807, 2.05) is 5.32 Å². The van der Waals surface area contributed by atoms with Gasteiger partial charge >= 0.3 is 6.09 Å². The average molecular weight is 416 g/mol. The first-order valence-electron chi connectivity index (χ1n) is 8.68. The van der Waals surface area contributed by atoms with Crippen molar-refractivity contribution in [1.29, 1.82) is 5.26 Å². The summed E-state index contributed by atoms with van der Waals surface area (Å²) in [6, 6.07) is 7.19. The molecule has 1 heterocycles. The quantitative estimate of drug-likeness (QED) is 0.572. The number of fused-ring (bicyclic) bond motifs is 1. The minimum atomic E-state index is -1.55. The van der Waals surface area contributed by atoms with Gasteiger partial charge in [-0.1, -0.05) is 0 Å². The standard InChI is InChI=1S/C20H15F3N4O3/c21-11-3-1-10(2-4-11)17-13(14-7-12(22)8-15(23)18(14)27-17)5-6-30-20(29)26-16(9-24)19(25)28/h1-4,7-8,16,27H,5-6H2,(H2,25,28)(H,26,29). The molecule has 1 atom stereocenters. The molecule has 2 amide bonds. The molecule has 0 fully saturated rings. The number of rotatable bonds is 6. The van der Waals surface area contributed by atoms with E-state index in [-0.39, 0.29) is 23.9 Å². The van der Waals surface area contributed by atoms with Gasteiger partial charge in [-0.05, 0) is 41.5 Å². The summed E-state index contributed by atoms with van der Waals surface area (Å²) in [5, 5.41) is 11.0. The molecule has 0 bridgehead atoms. The number of carbonyl (C=O) groups is 2. The molecule has 3 rings (SSSR count). The Morgan fingerprint density at radius 1 is 1.17 bits per heavy atom. The fraction of sp³-hybridized carbons (Fsp3) is 0.150. The smallest absolute Gasteiger partial charge is 0.408 e. The number of nitrogens with zero attached hydrogens (tertiary/aromatic N) is 1. The first-order chi connectivity index (χ1) is 14.3. The number of nitrogens with two attached hydrogens (primary N) is 1. The Bertz CT molecular complexity index is 1150. The number of benzene rings is 2. The zero-order valence-corrected chi connectivity index (χ0v) is 15.3. The Morgan fingerprint density at radius 2 is 1.87 bits per heavy atom. The number of halogens is 3. The summed E-state index contributed by atoms with van der Waals surface area (Å²) in [7, 11) is 0. The number of aromatic nitrogens is 1. The Morgan fingerprint density at radius 3 is 2.50 bits per heavy atom. The predicted octanol–water partition coefficient (Wildman–Crippen LogP) is 2.90. The van der Waals surface area contributed by atoms with Crippen LogP contribution >= 0.6 is 0 Å². The zero-order valence-electron chi connectivity index (χ0n) is 15.3. The number of carbonyl (C=O) groups excluding carboxylic acids is 2. The van der Waals surface area contributed by atoms with E-state index in [1.165, 1.54) is 30.3 Å². The van der Waals surface area contributed by atoms with E-state index in [1.54, 1.807) is 0 Å². The van der Waals surface area contributed by atoms with E-state index in [0.29, 0.717) is 16.8 Å². The number of hydrogen-bond acceptors (Lipinski definition) is 4. The second-order valence-electron chi connectivity index (χ2n) is 6.29. The van der Waals surface area contributed by atoms with Crippen LogP contribution in [-0.4, -0.2) is 29.6 Å². The molecule has 1 aromatic heterocycles. The number of nitriles is 1. The highest BCUT2D eigenvalue weighted by Crippen LogP contribution is 2.32. The maximum absolute atomic E-state index is 14.2. The predicted molar refractivity (Wildman–Crippen MR) is 100 cm³/mol. The molecule has 0 saturated carbocycles. The van der Waals surface area contributed by atoms with Crippen LogP contribution in [0.2, 0.25) is 0 Å². The van der Waals surface area contributed by atoms with E-state index in [2.05, 4.69) is 4.98 Å². The molecule has 1 unspecified atom stereocenters. The number of nitrogens with one attached hydrogen (secondary N) is 2. The van der Waals surface area contributed by atoms with Gasteiger partial charge in [0.2, 0.25) is 0 Å². The third kappa shape index (κ3) is 4.35. The molecule has 3 aromatic rings. The molecule has 4 N–H and O–H groups in total. The maximum Gasteiger partial charge on any atom is 0.408 e. The molecule has 2 aromatic carbocycles. The highest BCUT2D eigenvalue weighted by atomic mass is 19.1. The van der Waals surface area contributed by atoms with Crippen LogP contribution in [0.3, 0.4) is 0 Å². The van der Waals surface area contributed by atoms with Gasteiger partial charge in [-0.15, -0.1) is 0 Å². The van der Waals surface area contributed by atoms with E-state index < -0.39 is 35.5 Å². The van der Waals surface area contributed by atoms with Crippen molar-refractivity contribution in [3.63, 3.8) is 0 Å². The second kappa shape index (κ2) is 8.57. The normalized spacial score (nSPS) is 11.7. The van der Waals surface area contributed by atoms with Crippen molar-refractivity contribution in [2.75, 3.05) is 6.61 Å². The van der Waals surface area contributed by atoms with Crippen LogP contribution in [0.1, 0.15) is 5.56 Å². The largest absolute Gasteiger partial charge is 0.449 e. The van der Waals surface area contributed by atoms with Gasteiger partial charge in [0.25, 0.3) is 5.91 Å². The van der Waals surface area contributed by atoms with Crippen LogP contribution in [-0.2, 0) is 16.0 Å². The van der Waals surface area contributed by atoms with Gasteiger partial charge in [0, 0.05) is 23.6 Å². The fourth-order valence-corrected chi connectivity index (χ4v) is 2.97. The number of primary amides is 1. The van der Waals surface area contributed by atoms with Crippen molar-refractivity contribution in [1.82, 2.24) is 10.3 Å². The first kappa shape index (κ1) is 20.7. The van der Waals surface area contributed by atoms with Crippen LogP contribution in [0.4, 0.5) is 18.0 Å². The van der Waals surface area contributed by atoms with Crippen LogP contribution in [0.15, 0.2) is 36.4 Å². The molecule has 0 saturated heterocycles. The van der Waals surface area contributed by atoms with Gasteiger partial charge in [-0.2, -0.15) is 5.26 Å². The molecule has 154 valence electrons. The minimum absolute atomic E-state index is 0.0385. The molecule has 7 nitrogen and oxygen atoms in total. The van der Waals surface area contributed by atoms with Crippen LogP contribution in [0.5, 0.6) is 0 Å². The highest BCUT2D eigenvalue weighted by molar-refractivity contribution is 5.91. The SMILES string of the molecule is N#CC(NC(=O)OCCc1c(-c2ccc(F)cc2)[nH]c2c(F)cc(F)cc12)C(N)=O. The molecule has 0 radical (unpaired) electrons. The number of amides is 2. The van der Waals surface area contributed by atoms with Crippen molar-refractivity contribution in [3.8, 4) is 17.3 Å². The van der Waals surface area contributed by atoms with Crippen molar-refractivity contribution >= 4 is 22.9 Å². The topological polar surface area (TPSA) is 121 Å². The minimum Gasteiger partial charge on any atom is -0.449 e.